The van der Waals surface area contributed by atoms with Gasteiger partial charge in [-0.3, -0.25) is 14.6 Å². The van der Waals surface area contributed by atoms with Crippen LogP contribution in [0.25, 0.3) is 11.0 Å². The van der Waals surface area contributed by atoms with Gasteiger partial charge in [-0.25, -0.2) is 4.98 Å². The quantitative estimate of drug-likeness (QED) is 0.727. The first-order chi connectivity index (χ1) is 12.2. The molecular weight excluding hydrogens is 316 g/mol. The lowest BCUT2D eigenvalue weighted by Gasteiger charge is -2.33. The molecule has 1 aromatic carbocycles. The van der Waals surface area contributed by atoms with Gasteiger partial charge in [0.05, 0.1) is 23.8 Å². The van der Waals surface area contributed by atoms with Gasteiger partial charge in [0.25, 0.3) is 5.56 Å². The second kappa shape index (κ2) is 6.82. The van der Waals surface area contributed by atoms with Crippen molar-refractivity contribution in [2.45, 2.75) is 13.1 Å². The van der Waals surface area contributed by atoms with Crippen molar-refractivity contribution in [1.82, 2.24) is 19.4 Å². The third-order valence-electron chi connectivity index (χ3n) is 4.85. The molecule has 0 amide bonds. The van der Waals surface area contributed by atoms with Crippen molar-refractivity contribution in [2.24, 2.45) is 7.05 Å². The molecule has 4 rings (SSSR count). The molecule has 0 bridgehead atoms. The maximum absolute atomic E-state index is 12.6. The summed E-state index contributed by atoms with van der Waals surface area (Å²) in [7, 11) is 1.82. The fraction of sp³-hybridized carbons (Fsp3) is 0.368. The Kier molecular flexibility index (Phi) is 4.38. The molecule has 0 spiro atoms. The summed E-state index contributed by atoms with van der Waals surface area (Å²) in [6.07, 6.45) is 1.72. The molecule has 2 aromatic heterocycles. The number of rotatable bonds is 4. The van der Waals surface area contributed by atoms with Crippen molar-refractivity contribution in [2.75, 3.05) is 26.2 Å². The molecule has 3 aromatic rings. The number of aromatic nitrogens is 2. The molecule has 0 N–H and O–H groups in total. The number of para-hydroxylation sites is 2. The Morgan fingerprint density at radius 3 is 2.44 bits per heavy atom. The van der Waals surface area contributed by atoms with Crippen LogP contribution in [-0.2, 0) is 20.1 Å². The summed E-state index contributed by atoms with van der Waals surface area (Å²) in [6.45, 7) is 5.24. The normalized spacial score (nSPS) is 16.5. The van der Waals surface area contributed by atoms with Crippen LogP contribution >= 0.6 is 0 Å². The van der Waals surface area contributed by atoms with Crippen molar-refractivity contribution < 1.29 is 4.42 Å². The Hall–Kier alpha value is -2.44. The summed E-state index contributed by atoms with van der Waals surface area (Å²) in [4.78, 5) is 21.9. The van der Waals surface area contributed by atoms with E-state index in [0.717, 1.165) is 49.5 Å². The van der Waals surface area contributed by atoms with Crippen LogP contribution < -0.4 is 5.56 Å². The van der Waals surface area contributed by atoms with Gasteiger partial charge in [0.15, 0.2) is 0 Å². The third-order valence-corrected chi connectivity index (χ3v) is 4.85. The molecule has 25 heavy (non-hydrogen) atoms. The molecule has 0 atom stereocenters. The fourth-order valence-electron chi connectivity index (χ4n) is 3.38. The van der Waals surface area contributed by atoms with Crippen molar-refractivity contribution in [3.8, 4) is 0 Å². The van der Waals surface area contributed by atoms with Crippen LogP contribution in [0, 0.1) is 0 Å². The molecule has 0 radical (unpaired) electrons. The Bertz CT molecular complexity index is 909. The highest BCUT2D eigenvalue weighted by molar-refractivity contribution is 5.74. The number of piperazine rings is 1. The number of hydrogen-bond acceptors (Lipinski definition) is 5. The summed E-state index contributed by atoms with van der Waals surface area (Å²) in [5.41, 5.74) is 2.37. The highest BCUT2D eigenvalue weighted by Crippen LogP contribution is 2.12. The van der Waals surface area contributed by atoms with E-state index in [1.54, 1.807) is 10.8 Å². The molecule has 3 heterocycles. The van der Waals surface area contributed by atoms with Crippen LogP contribution in [0.4, 0.5) is 0 Å². The van der Waals surface area contributed by atoms with E-state index >= 15 is 0 Å². The van der Waals surface area contributed by atoms with E-state index in [-0.39, 0.29) is 5.56 Å². The number of furan rings is 1. The van der Waals surface area contributed by atoms with Crippen LogP contribution in [0.5, 0.6) is 0 Å². The lowest BCUT2D eigenvalue weighted by molar-refractivity contribution is 0.114. The van der Waals surface area contributed by atoms with Crippen molar-refractivity contribution >= 4 is 11.0 Å². The van der Waals surface area contributed by atoms with Gasteiger partial charge in [-0.2, -0.15) is 0 Å². The predicted octanol–water partition coefficient (Wildman–Crippen LogP) is 1.84. The molecular formula is C19H22N4O2. The Labute approximate surface area is 146 Å². The second-order valence-corrected chi connectivity index (χ2v) is 6.54. The molecule has 1 aliphatic heterocycles. The molecule has 0 aliphatic carbocycles. The number of aryl methyl sites for hydroxylation is 1. The summed E-state index contributed by atoms with van der Waals surface area (Å²) in [6, 6.07) is 11.7. The number of benzene rings is 1. The van der Waals surface area contributed by atoms with Crippen LogP contribution in [0.15, 0.2) is 51.9 Å². The molecule has 1 saturated heterocycles. The number of nitrogens with zero attached hydrogens (tertiary/aromatic N) is 4. The lowest BCUT2D eigenvalue weighted by Crippen LogP contribution is -2.46. The van der Waals surface area contributed by atoms with E-state index in [2.05, 4.69) is 14.8 Å². The predicted molar refractivity (Wildman–Crippen MR) is 96.2 cm³/mol. The van der Waals surface area contributed by atoms with Gasteiger partial charge in [-0.1, -0.05) is 12.1 Å². The Morgan fingerprint density at radius 1 is 1.00 bits per heavy atom. The minimum Gasteiger partial charge on any atom is -0.468 e. The summed E-state index contributed by atoms with van der Waals surface area (Å²) < 4.78 is 7.12. The summed E-state index contributed by atoms with van der Waals surface area (Å²) in [5, 5.41) is 0. The van der Waals surface area contributed by atoms with E-state index in [1.807, 2.05) is 43.4 Å². The lowest BCUT2D eigenvalue weighted by atomic mass is 10.2. The fourth-order valence-corrected chi connectivity index (χ4v) is 3.38. The number of fused-ring (bicyclic) bond motifs is 1. The molecule has 130 valence electrons. The van der Waals surface area contributed by atoms with Crippen LogP contribution in [0.2, 0.25) is 0 Å². The average molecular weight is 338 g/mol. The molecule has 0 unspecified atom stereocenters. The van der Waals surface area contributed by atoms with Gasteiger partial charge >= 0.3 is 0 Å². The van der Waals surface area contributed by atoms with Gasteiger partial charge in [-0.15, -0.1) is 0 Å². The van der Waals surface area contributed by atoms with Crippen molar-refractivity contribution in [3.05, 3.63) is 64.5 Å². The molecule has 1 fully saturated rings. The van der Waals surface area contributed by atoms with Crippen LogP contribution in [0.1, 0.15) is 11.5 Å². The van der Waals surface area contributed by atoms with E-state index < -0.39 is 0 Å². The molecule has 6 nitrogen and oxygen atoms in total. The molecule has 6 heteroatoms. The Morgan fingerprint density at radius 2 is 1.72 bits per heavy atom. The first-order valence-corrected chi connectivity index (χ1v) is 8.62. The zero-order valence-corrected chi connectivity index (χ0v) is 14.4. The van der Waals surface area contributed by atoms with Gasteiger partial charge in [0, 0.05) is 39.8 Å². The first-order valence-electron chi connectivity index (χ1n) is 8.62. The monoisotopic (exact) mass is 338 g/mol. The minimum absolute atomic E-state index is 0.00304. The van der Waals surface area contributed by atoms with Crippen molar-refractivity contribution in [3.63, 3.8) is 0 Å². The van der Waals surface area contributed by atoms with Crippen LogP contribution in [-0.4, -0.2) is 45.5 Å². The highest BCUT2D eigenvalue weighted by Gasteiger charge is 2.20. The SMILES string of the molecule is Cn1c(=O)c(CN2CCN(Cc3ccco3)CC2)nc2ccccc21. The third kappa shape index (κ3) is 3.36. The first kappa shape index (κ1) is 16.1. The summed E-state index contributed by atoms with van der Waals surface area (Å²) in [5.74, 6) is 0.999. The standard InChI is InChI=1S/C19H22N4O2/c1-21-18-7-3-2-6-16(18)20-17(19(21)24)14-23-10-8-22(9-11-23)13-15-5-4-12-25-15/h2-7,12H,8-11,13-14H2,1H3. The maximum atomic E-state index is 12.6. The van der Waals surface area contributed by atoms with Gasteiger partial charge in [-0.05, 0) is 24.3 Å². The van der Waals surface area contributed by atoms with E-state index in [4.69, 9.17) is 4.42 Å². The second-order valence-electron chi connectivity index (χ2n) is 6.54. The van der Waals surface area contributed by atoms with E-state index in [1.165, 1.54) is 0 Å². The smallest absolute Gasteiger partial charge is 0.273 e. The van der Waals surface area contributed by atoms with Crippen molar-refractivity contribution in [1.29, 1.82) is 0 Å². The van der Waals surface area contributed by atoms with Gasteiger partial charge < -0.3 is 8.98 Å². The highest BCUT2D eigenvalue weighted by atomic mass is 16.3. The zero-order valence-electron chi connectivity index (χ0n) is 14.4. The number of hydrogen-bond donors (Lipinski definition) is 0. The van der Waals surface area contributed by atoms with Gasteiger partial charge in [0.2, 0.25) is 0 Å². The Balaban J connectivity index is 1.44. The van der Waals surface area contributed by atoms with Gasteiger partial charge in [0.1, 0.15) is 11.5 Å². The topological polar surface area (TPSA) is 54.5 Å². The molecule has 0 saturated carbocycles. The maximum Gasteiger partial charge on any atom is 0.273 e. The zero-order chi connectivity index (χ0) is 17.2. The van der Waals surface area contributed by atoms with E-state index in [9.17, 15) is 4.79 Å². The summed E-state index contributed by atoms with van der Waals surface area (Å²) >= 11 is 0. The largest absolute Gasteiger partial charge is 0.468 e. The van der Waals surface area contributed by atoms with Crippen LogP contribution in [0.3, 0.4) is 0 Å². The molecule has 1 aliphatic rings. The average Bonchev–Trinajstić information content (AvgIpc) is 3.14. The van der Waals surface area contributed by atoms with E-state index in [0.29, 0.717) is 12.2 Å². The minimum atomic E-state index is -0.00304.